The summed E-state index contributed by atoms with van der Waals surface area (Å²) in [6.07, 6.45) is 2.79. The highest BCUT2D eigenvalue weighted by Crippen LogP contribution is 2.20. The molecule has 2 aromatic heterocycles. The van der Waals surface area contributed by atoms with Crippen LogP contribution in [0.15, 0.2) is 24.4 Å². The van der Waals surface area contributed by atoms with E-state index in [9.17, 15) is 0 Å². The molecule has 0 spiro atoms. The molecular formula is C16H23N5O. The lowest BCUT2D eigenvalue weighted by Crippen LogP contribution is -2.39. The zero-order chi connectivity index (χ0) is 15.4. The maximum Gasteiger partial charge on any atom is 0.155 e. The van der Waals surface area contributed by atoms with Crippen molar-refractivity contribution in [3.8, 4) is 0 Å². The van der Waals surface area contributed by atoms with E-state index in [-0.39, 0.29) is 6.10 Å². The first-order valence-electron chi connectivity index (χ1n) is 7.88. The number of aromatic nitrogens is 4. The van der Waals surface area contributed by atoms with E-state index in [1.54, 1.807) is 0 Å². The summed E-state index contributed by atoms with van der Waals surface area (Å²) in [7, 11) is 0. The van der Waals surface area contributed by atoms with Crippen LogP contribution >= 0.6 is 0 Å². The van der Waals surface area contributed by atoms with Crippen molar-refractivity contribution in [3.63, 3.8) is 0 Å². The molecule has 1 aliphatic rings. The van der Waals surface area contributed by atoms with E-state index < -0.39 is 0 Å². The van der Waals surface area contributed by atoms with Crippen LogP contribution in [0.1, 0.15) is 43.2 Å². The van der Waals surface area contributed by atoms with Gasteiger partial charge in [0.25, 0.3) is 0 Å². The van der Waals surface area contributed by atoms with E-state index >= 15 is 0 Å². The average molecular weight is 301 g/mol. The molecule has 1 N–H and O–H groups in total. The summed E-state index contributed by atoms with van der Waals surface area (Å²) in [5.41, 5.74) is 1.13. The first kappa shape index (κ1) is 15.1. The summed E-state index contributed by atoms with van der Waals surface area (Å²) >= 11 is 0. The molecule has 3 heterocycles. The predicted molar refractivity (Wildman–Crippen MR) is 83.5 cm³/mol. The number of hydrogen-bond acceptors (Lipinski definition) is 5. The fraction of sp³-hybridized carbons (Fsp3) is 0.562. The molecule has 1 fully saturated rings. The van der Waals surface area contributed by atoms with Gasteiger partial charge in [-0.25, -0.2) is 4.98 Å². The molecule has 0 bridgehead atoms. The van der Waals surface area contributed by atoms with Gasteiger partial charge in [-0.2, -0.15) is 5.10 Å². The van der Waals surface area contributed by atoms with E-state index in [1.165, 1.54) is 0 Å². The van der Waals surface area contributed by atoms with Gasteiger partial charge in [0, 0.05) is 43.9 Å². The maximum absolute atomic E-state index is 5.85. The number of rotatable bonds is 5. The lowest BCUT2D eigenvalue weighted by atomic mass is 10.2. The SMILES string of the molecule is CC(C)c1n[nH]c([C@H]2CN(CCc3ccccn3)CCO2)n1. The highest BCUT2D eigenvalue weighted by atomic mass is 16.5. The smallest absolute Gasteiger partial charge is 0.155 e. The lowest BCUT2D eigenvalue weighted by Gasteiger charge is -2.31. The van der Waals surface area contributed by atoms with Crippen LogP contribution < -0.4 is 0 Å². The molecule has 1 atom stereocenters. The molecule has 2 aromatic rings. The second kappa shape index (κ2) is 6.98. The van der Waals surface area contributed by atoms with Crippen molar-refractivity contribution >= 4 is 0 Å². The highest BCUT2D eigenvalue weighted by molar-refractivity contribution is 5.04. The van der Waals surface area contributed by atoms with Crippen molar-refractivity contribution in [1.82, 2.24) is 25.1 Å². The molecule has 0 aromatic carbocycles. The van der Waals surface area contributed by atoms with Crippen LogP contribution in [0.5, 0.6) is 0 Å². The van der Waals surface area contributed by atoms with E-state index in [0.717, 1.165) is 50.0 Å². The second-order valence-electron chi connectivity index (χ2n) is 5.96. The van der Waals surface area contributed by atoms with Crippen molar-refractivity contribution in [2.45, 2.75) is 32.3 Å². The number of pyridine rings is 1. The third-order valence-electron chi connectivity index (χ3n) is 3.90. The minimum atomic E-state index is -0.0162. The number of hydrogen-bond donors (Lipinski definition) is 1. The van der Waals surface area contributed by atoms with Gasteiger partial charge in [0.2, 0.25) is 0 Å². The Morgan fingerprint density at radius 1 is 1.41 bits per heavy atom. The largest absolute Gasteiger partial charge is 0.368 e. The molecule has 6 heteroatoms. The molecule has 118 valence electrons. The van der Waals surface area contributed by atoms with E-state index in [2.05, 4.69) is 45.0 Å². The van der Waals surface area contributed by atoms with E-state index in [4.69, 9.17) is 4.74 Å². The molecule has 6 nitrogen and oxygen atoms in total. The highest BCUT2D eigenvalue weighted by Gasteiger charge is 2.25. The summed E-state index contributed by atoms with van der Waals surface area (Å²) in [6.45, 7) is 7.70. The van der Waals surface area contributed by atoms with Crippen LogP contribution in [0.25, 0.3) is 0 Å². The summed E-state index contributed by atoms with van der Waals surface area (Å²) in [5.74, 6) is 2.02. The monoisotopic (exact) mass is 301 g/mol. The standard InChI is InChI=1S/C16H23N5O/c1-12(2)15-18-16(20-19-15)14-11-21(9-10-22-14)8-6-13-5-3-4-7-17-13/h3-5,7,12,14H,6,8-11H2,1-2H3,(H,18,19,20)/t14-/m1/s1. The summed E-state index contributed by atoms with van der Waals surface area (Å²) in [6, 6.07) is 6.06. The van der Waals surface area contributed by atoms with Crippen LogP contribution in [-0.2, 0) is 11.2 Å². The summed E-state index contributed by atoms with van der Waals surface area (Å²) in [4.78, 5) is 11.3. The van der Waals surface area contributed by atoms with Crippen molar-refractivity contribution in [2.75, 3.05) is 26.2 Å². The summed E-state index contributed by atoms with van der Waals surface area (Å²) < 4.78 is 5.85. The van der Waals surface area contributed by atoms with Crippen molar-refractivity contribution < 1.29 is 4.74 Å². The third kappa shape index (κ3) is 3.69. The molecule has 0 radical (unpaired) electrons. The molecule has 0 aliphatic carbocycles. The van der Waals surface area contributed by atoms with Gasteiger partial charge in [-0.05, 0) is 12.1 Å². The van der Waals surface area contributed by atoms with Crippen molar-refractivity contribution in [2.24, 2.45) is 0 Å². The molecule has 1 saturated heterocycles. The zero-order valence-corrected chi connectivity index (χ0v) is 13.2. The van der Waals surface area contributed by atoms with Gasteiger partial charge in [-0.3, -0.25) is 15.0 Å². The maximum atomic E-state index is 5.85. The number of morpholine rings is 1. The Balaban J connectivity index is 1.56. The van der Waals surface area contributed by atoms with Crippen LogP contribution in [-0.4, -0.2) is 51.3 Å². The fourth-order valence-electron chi connectivity index (χ4n) is 2.58. The minimum Gasteiger partial charge on any atom is -0.368 e. The molecule has 0 amide bonds. The molecule has 0 unspecified atom stereocenters. The Bertz CT molecular complexity index is 583. The van der Waals surface area contributed by atoms with Gasteiger partial charge in [0.05, 0.1) is 6.61 Å². The molecule has 22 heavy (non-hydrogen) atoms. The quantitative estimate of drug-likeness (QED) is 0.914. The first-order valence-corrected chi connectivity index (χ1v) is 7.88. The fourth-order valence-corrected chi connectivity index (χ4v) is 2.58. The van der Waals surface area contributed by atoms with Crippen molar-refractivity contribution in [1.29, 1.82) is 0 Å². The summed E-state index contributed by atoms with van der Waals surface area (Å²) in [5, 5.41) is 7.29. The van der Waals surface area contributed by atoms with Crippen LogP contribution in [0.3, 0.4) is 0 Å². The Morgan fingerprint density at radius 3 is 3.05 bits per heavy atom. The Kier molecular flexibility index (Phi) is 4.80. The normalized spacial score (nSPS) is 19.7. The number of nitrogens with zero attached hydrogens (tertiary/aromatic N) is 4. The van der Waals surface area contributed by atoms with Gasteiger partial charge >= 0.3 is 0 Å². The Hall–Kier alpha value is -1.79. The Labute approximate surface area is 130 Å². The van der Waals surface area contributed by atoms with Gasteiger partial charge in [-0.15, -0.1) is 0 Å². The van der Waals surface area contributed by atoms with E-state index in [1.807, 2.05) is 18.3 Å². The van der Waals surface area contributed by atoms with Gasteiger partial charge in [0.15, 0.2) is 11.6 Å². The third-order valence-corrected chi connectivity index (χ3v) is 3.90. The molecule has 3 rings (SSSR count). The van der Waals surface area contributed by atoms with Crippen molar-refractivity contribution in [3.05, 3.63) is 41.7 Å². The van der Waals surface area contributed by atoms with Crippen LogP contribution in [0.2, 0.25) is 0 Å². The van der Waals surface area contributed by atoms with Gasteiger partial charge in [-0.1, -0.05) is 19.9 Å². The predicted octanol–water partition coefficient (Wildman–Crippen LogP) is 1.94. The lowest BCUT2D eigenvalue weighted by molar-refractivity contribution is -0.0338. The molecule has 1 aliphatic heterocycles. The number of ether oxygens (including phenoxy) is 1. The number of H-pyrrole nitrogens is 1. The van der Waals surface area contributed by atoms with Crippen LogP contribution in [0.4, 0.5) is 0 Å². The molecular weight excluding hydrogens is 278 g/mol. The number of nitrogens with one attached hydrogen (secondary N) is 1. The van der Waals surface area contributed by atoms with Gasteiger partial charge in [0.1, 0.15) is 6.10 Å². The molecule has 0 saturated carbocycles. The number of aromatic amines is 1. The van der Waals surface area contributed by atoms with Crippen LogP contribution in [0, 0.1) is 0 Å². The Morgan fingerprint density at radius 2 is 2.32 bits per heavy atom. The van der Waals surface area contributed by atoms with E-state index in [0.29, 0.717) is 5.92 Å². The topological polar surface area (TPSA) is 66.9 Å². The van der Waals surface area contributed by atoms with Gasteiger partial charge < -0.3 is 4.74 Å². The second-order valence-corrected chi connectivity index (χ2v) is 5.96. The first-order chi connectivity index (χ1) is 10.7. The zero-order valence-electron chi connectivity index (χ0n) is 13.2. The minimum absolute atomic E-state index is 0.0162. The average Bonchev–Trinajstić information content (AvgIpc) is 3.05.